The highest BCUT2D eigenvalue weighted by Crippen LogP contribution is 2.36. The molecule has 0 unspecified atom stereocenters. The Hall–Kier alpha value is -4.46. The summed E-state index contributed by atoms with van der Waals surface area (Å²) >= 11 is 0. The van der Waals surface area contributed by atoms with Crippen LogP contribution in [0.4, 0.5) is 0 Å². The molecule has 6 heterocycles. The van der Waals surface area contributed by atoms with Crippen LogP contribution in [0.3, 0.4) is 0 Å². The smallest absolute Gasteiger partial charge is 0.161 e. The standard InChI is InChI=1S/C52H70N4O12/c1-3-47(55(13-1)39-45-9-5-43(37-53-45)41-7-11-49-51(35-41)67-33-29-63-25-21-59-17-15-57-19-23-61-27-31-65-49)48-4-2-14-56(48)40-46-10-6-44(38-54-46)42-8-12-50-52(36-42)68-34-30-64-26-22-60-18-16-58-20-24-62-28-32-66-50/h5-12,35-38,47-48H,1-4,13-34,39-40H2/t47-,48-/m0/s1. The fraction of sp³-hybridized carbons (Fsp3) is 0.577. The first-order chi connectivity index (χ1) is 33.8. The number of nitrogens with zero attached hydrogens (tertiary/aromatic N) is 4. The summed E-state index contributed by atoms with van der Waals surface area (Å²) in [6.45, 7) is 13.3. The van der Waals surface area contributed by atoms with Gasteiger partial charge in [0.2, 0.25) is 0 Å². The minimum atomic E-state index is 0.390. The van der Waals surface area contributed by atoms with Crippen molar-refractivity contribution in [1.29, 1.82) is 0 Å². The molecule has 2 saturated heterocycles. The molecule has 0 bridgehead atoms. The SMILES string of the molecule is c1cc(CN2CCC[C@H]2[C@@H]2CCCN2Cc2ccc(-c3ccc4c(c3)OCCOCCOCCOCCOCCO4)cn2)ncc1-c1ccc2c(c1)OCCOCCOCCOCCOCCO2. The first kappa shape index (κ1) is 49.9. The van der Waals surface area contributed by atoms with Crippen LogP contribution < -0.4 is 18.9 Å². The zero-order chi connectivity index (χ0) is 46.3. The second-order valence-corrected chi connectivity index (χ2v) is 17.1. The van der Waals surface area contributed by atoms with E-state index in [0.717, 1.165) is 59.8 Å². The van der Waals surface area contributed by atoms with Crippen LogP contribution in [0, 0.1) is 0 Å². The lowest BCUT2D eigenvalue weighted by molar-refractivity contribution is -0.00841. The summed E-state index contributed by atoms with van der Waals surface area (Å²) in [6.07, 6.45) is 8.71. The van der Waals surface area contributed by atoms with Gasteiger partial charge in [-0.3, -0.25) is 19.8 Å². The van der Waals surface area contributed by atoms with Gasteiger partial charge in [-0.25, -0.2) is 0 Å². The van der Waals surface area contributed by atoms with E-state index in [1.54, 1.807) is 0 Å². The van der Waals surface area contributed by atoms with Crippen molar-refractivity contribution >= 4 is 0 Å². The van der Waals surface area contributed by atoms with E-state index in [1.807, 2.05) is 36.7 Å². The average molecular weight is 943 g/mol. The molecule has 16 nitrogen and oxygen atoms in total. The third-order valence-electron chi connectivity index (χ3n) is 12.4. The van der Waals surface area contributed by atoms with Gasteiger partial charge >= 0.3 is 0 Å². The topological polar surface area (TPSA) is 143 Å². The summed E-state index contributed by atoms with van der Waals surface area (Å²) in [6, 6.07) is 21.6. The van der Waals surface area contributed by atoms with Gasteiger partial charge in [0.25, 0.3) is 0 Å². The van der Waals surface area contributed by atoms with E-state index in [2.05, 4.69) is 46.2 Å². The molecule has 68 heavy (non-hydrogen) atoms. The summed E-state index contributed by atoms with van der Waals surface area (Å²) in [7, 11) is 0. The number of hydrogen-bond donors (Lipinski definition) is 0. The van der Waals surface area contributed by atoms with Crippen LogP contribution in [0.1, 0.15) is 37.1 Å². The van der Waals surface area contributed by atoms with Crippen LogP contribution in [0.25, 0.3) is 22.3 Å². The third kappa shape index (κ3) is 15.8. The molecule has 370 valence electrons. The largest absolute Gasteiger partial charge is 0.487 e. The third-order valence-corrected chi connectivity index (χ3v) is 12.4. The number of ether oxygens (including phenoxy) is 12. The number of likely N-dealkylation sites (tertiary alicyclic amines) is 2. The molecule has 0 N–H and O–H groups in total. The van der Waals surface area contributed by atoms with Crippen molar-refractivity contribution in [2.24, 2.45) is 0 Å². The van der Waals surface area contributed by atoms with E-state index in [0.29, 0.717) is 167 Å². The molecule has 2 aromatic carbocycles. The molecule has 0 saturated carbocycles. The fourth-order valence-corrected chi connectivity index (χ4v) is 8.97. The van der Waals surface area contributed by atoms with Crippen molar-refractivity contribution in [2.75, 3.05) is 145 Å². The van der Waals surface area contributed by atoms with Crippen molar-refractivity contribution in [1.82, 2.24) is 19.8 Å². The minimum Gasteiger partial charge on any atom is -0.487 e. The van der Waals surface area contributed by atoms with Gasteiger partial charge < -0.3 is 56.8 Å². The first-order valence-electron chi connectivity index (χ1n) is 24.6. The Labute approximate surface area is 401 Å². The first-order valence-corrected chi connectivity index (χ1v) is 24.6. The summed E-state index contributed by atoms with van der Waals surface area (Å²) < 4.78 is 69.6. The number of fused-ring (bicyclic) bond motifs is 2. The maximum Gasteiger partial charge on any atom is 0.161 e. The highest BCUT2D eigenvalue weighted by atomic mass is 16.6. The molecular formula is C52H70N4O12. The molecule has 0 spiro atoms. The van der Waals surface area contributed by atoms with Crippen molar-refractivity contribution in [2.45, 2.75) is 50.9 Å². The Balaban J connectivity index is 0.850. The zero-order valence-electron chi connectivity index (χ0n) is 39.6. The Morgan fingerprint density at radius 2 is 0.662 bits per heavy atom. The number of hydrogen-bond acceptors (Lipinski definition) is 16. The molecule has 4 aliphatic heterocycles. The molecule has 4 aliphatic rings. The van der Waals surface area contributed by atoms with Gasteiger partial charge in [0, 0.05) is 48.7 Å². The lowest BCUT2D eigenvalue weighted by Crippen LogP contribution is -2.45. The monoisotopic (exact) mass is 942 g/mol. The van der Waals surface area contributed by atoms with E-state index in [9.17, 15) is 0 Å². The van der Waals surface area contributed by atoms with E-state index >= 15 is 0 Å². The molecular weight excluding hydrogens is 873 g/mol. The van der Waals surface area contributed by atoms with E-state index in [4.69, 9.17) is 66.8 Å². The molecule has 2 fully saturated rings. The van der Waals surface area contributed by atoms with Crippen LogP contribution in [-0.2, 0) is 51.0 Å². The number of benzene rings is 2. The van der Waals surface area contributed by atoms with Crippen LogP contribution in [0.2, 0.25) is 0 Å². The molecule has 0 amide bonds. The fourth-order valence-electron chi connectivity index (χ4n) is 8.97. The Morgan fingerprint density at radius 1 is 0.353 bits per heavy atom. The minimum absolute atomic E-state index is 0.390. The highest BCUT2D eigenvalue weighted by molar-refractivity contribution is 5.67. The zero-order valence-corrected chi connectivity index (χ0v) is 39.6. The van der Waals surface area contributed by atoms with E-state index in [1.165, 1.54) is 25.7 Å². The van der Waals surface area contributed by atoms with Gasteiger partial charge in [0.1, 0.15) is 26.4 Å². The second kappa shape index (κ2) is 28.3. The van der Waals surface area contributed by atoms with E-state index < -0.39 is 0 Å². The lowest BCUT2D eigenvalue weighted by atomic mass is 10.0. The van der Waals surface area contributed by atoms with Gasteiger partial charge in [-0.15, -0.1) is 0 Å². The summed E-state index contributed by atoms with van der Waals surface area (Å²) in [5.74, 6) is 2.65. The number of rotatable bonds is 7. The Morgan fingerprint density at radius 3 is 0.985 bits per heavy atom. The Kier molecular flexibility index (Phi) is 20.8. The van der Waals surface area contributed by atoms with Gasteiger partial charge in [-0.1, -0.05) is 24.3 Å². The summed E-state index contributed by atoms with van der Waals surface area (Å²) in [5, 5.41) is 0. The molecule has 4 aromatic rings. The van der Waals surface area contributed by atoms with Crippen LogP contribution >= 0.6 is 0 Å². The lowest BCUT2D eigenvalue weighted by Gasteiger charge is -2.35. The quantitative estimate of drug-likeness (QED) is 0.210. The van der Waals surface area contributed by atoms with Gasteiger partial charge in [0.15, 0.2) is 23.0 Å². The van der Waals surface area contributed by atoms with Gasteiger partial charge in [0.05, 0.1) is 117 Å². The van der Waals surface area contributed by atoms with Crippen LogP contribution in [0.5, 0.6) is 23.0 Å². The van der Waals surface area contributed by atoms with Crippen molar-refractivity contribution in [3.63, 3.8) is 0 Å². The molecule has 8 rings (SSSR count). The number of aromatic nitrogens is 2. The summed E-state index contributed by atoms with van der Waals surface area (Å²) in [4.78, 5) is 15.3. The van der Waals surface area contributed by atoms with Crippen LogP contribution in [-0.4, -0.2) is 177 Å². The normalized spacial score (nSPS) is 22.4. The average Bonchev–Trinajstić information content (AvgIpc) is 4.03. The van der Waals surface area contributed by atoms with Crippen LogP contribution in [0.15, 0.2) is 73.1 Å². The molecule has 0 radical (unpaired) electrons. The maximum absolute atomic E-state index is 6.18. The van der Waals surface area contributed by atoms with Gasteiger partial charge in [-0.05, 0) is 86.3 Å². The van der Waals surface area contributed by atoms with Crippen molar-refractivity contribution < 1.29 is 56.8 Å². The van der Waals surface area contributed by atoms with E-state index in [-0.39, 0.29) is 0 Å². The molecule has 16 heteroatoms. The predicted molar refractivity (Wildman–Crippen MR) is 255 cm³/mol. The van der Waals surface area contributed by atoms with Gasteiger partial charge in [-0.2, -0.15) is 0 Å². The molecule has 0 aliphatic carbocycles. The Bertz CT molecular complexity index is 1900. The molecule has 2 aromatic heterocycles. The van der Waals surface area contributed by atoms with Crippen molar-refractivity contribution in [3.05, 3.63) is 84.4 Å². The number of pyridine rings is 2. The van der Waals surface area contributed by atoms with Crippen molar-refractivity contribution in [3.8, 4) is 45.3 Å². The predicted octanol–water partition coefficient (Wildman–Crippen LogP) is 6.11. The highest BCUT2D eigenvalue weighted by Gasteiger charge is 2.38. The molecule has 2 atom stereocenters. The second-order valence-electron chi connectivity index (χ2n) is 17.1. The summed E-state index contributed by atoms with van der Waals surface area (Å²) in [5.41, 5.74) is 6.20. The maximum atomic E-state index is 6.18.